The second-order valence-electron chi connectivity index (χ2n) is 10.3. The van der Waals surface area contributed by atoms with Crippen molar-refractivity contribution in [2.45, 2.75) is 58.0 Å². The van der Waals surface area contributed by atoms with E-state index in [-0.39, 0.29) is 30.4 Å². The van der Waals surface area contributed by atoms with Crippen molar-refractivity contribution in [3.8, 4) is 0 Å². The standard InChI is InChI=1S/C30H36N4O5/c1-19(15-27(37)38)14-26(36)28-23-17-22(31-2)18-32-29(23)34(5)24(28)12-7-6-8-13-25(35)20-10-9-11-21(16-20)30(39)33(3)4/h9-11,16-19,25,35H,6-8,12-15H2,1,3-5H3,(H,37,38). The van der Waals surface area contributed by atoms with Gasteiger partial charge in [-0.1, -0.05) is 31.9 Å². The Morgan fingerprint density at radius 1 is 1.13 bits per heavy atom. The Bertz CT molecular complexity index is 1400. The van der Waals surface area contributed by atoms with Gasteiger partial charge in [-0.15, -0.1) is 0 Å². The number of Topliss-reactive ketones (excluding diaryl/α,β-unsaturated/α-hetero) is 1. The Morgan fingerprint density at radius 2 is 1.87 bits per heavy atom. The van der Waals surface area contributed by atoms with Gasteiger partial charge in [-0.25, -0.2) is 9.83 Å². The van der Waals surface area contributed by atoms with Gasteiger partial charge in [-0.05, 0) is 48.9 Å². The summed E-state index contributed by atoms with van der Waals surface area (Å²) in [6.45, 7) is 9.09. The second-order valence-corrected chi connectivity index (χ2v) is 10.3. The minimum absolute atomic E-state index is 0.0913. The third-order valence-corrected chi connectivity index (χ3v) is 6.91. The molecule has 1 aromatic carbocycles. The maximum atomic E-state index is 13.4. The van der Waals surface area contributed by atoms with Crippen molar-refractivity contribution in [1.29, 1.82) is 0 Å². The third kappa shape index (κ3) is 7.30. The SMILES string of the molecule is [C-]#[N+]c1cnc2c(c1)c(C(=O)CC(C)CC(=O)O)c(CCCCCC(O)c1cccc(C(=O)N(C)C)c1)n2C. The van der Waals surface area contributed by atoms with Crippen LogP contribution in [-0.2, 0) is 18.3 Å². The van der Waals surface area contributed by atoms with Gasteiger partial charge in [0, 0.05) is 62.4 Å². The number of rotatable bonds is 13. The van der Waals surface area contributed by atoms with Crippen LogP contribution in [0, 0.1) is 12.5 Å². The number of aliphatic carboxylic acids is 1. The highest BCUT2D eigenvalue weighted by molar-refractivity contribution is 6.09. The van der Waals surface area contributed by atoms with Crippen LogP contribution in [0.5, 0.6) is 0 Å². The highest BCUT2D eigenvalue weighted by Crippen LogP contribution is 2.31. The van der Waals surface area contributed by atoms with E-state index in [2.05, 4.69) is 9.83 Å². The summed E-state index contributed by atoms with van der Waals surface area (Å²) in [5.74, 6) is -1.51. The summed E-state index contributed by atoms with van der Waals surface area (Å²) in [6, 6.07) is 8.74. The summed E-state index contributed by atoms with van der Waals surface area (Å²) in [4.78, 5) is 46.1. The monoisotopic (exact) mass is 532 g/mol. The molecule has 39 heavy (non-hydrogen) atoms. The van der Waals surface area contributed by atoms with Gasteiger partial charge in [-0.2, -0.15) is 0 Å². The lowest BCUT2D eigenvalue weighted by Gasteiger charge is -2.14. The Hall–Kier alpha value is -4.03. The van der Waals surface area contributed by atoms with Crippen LogP contribution in [0.2, 0.25) is 0 Å². The number of aromatic nitrogens is 2. The van der Waals surface area contributed by atoms with Gasteiger partial charge in [0.2, 0.25) is 5.69 Å². The molecule has 3 rings (SSSR count). The molecule has 0 spiro atoms. The quantitative estimate of drug-likeness (QED) is 0.174. The predicted molar refractivity (Wildman–Crippen MR) is 149 cm³/mol. The molecule has 9 heteroatoms. The molecule has 0 aliphatic heterocycles. The van der Waals surface area contributed by atoms with Crippen molar-refractivity contribution in [3.63, 3.8) is 0 Å². The van der Waals surface area contributed by atoms with Gasteiger partial charge in [0.15, 0.2) is 5.78 Å². The lowest BCUT2D eigenvalue weighted by Crippen LogP contribution is -2.21. The number of carbonyl (C=O) groups is 3. The lowest BCUT2D eigenvalue weighted by molar-refractivity contribution is -0.137. The highest BCUT2D eigenvalue weighted by Gasteiger charge is 2.24. The molecule has 0 saturated carbocycles. The number of hydrogen-bond donors (Lipinski definition) is 2. The summed E-state index contributed by atoms with van der Waals surface area (Å²) in [5, 5.41) is 20.4. The number of carboxylic acids is 1. The molecule has 2 unspecified atom stereocenters. The van der Waals surface area contributed by atoms with E-state index in [0.29, 0.717) is 46.3 Å². The maximum absolute atomic E-state index is 13.4. The molecule has 0 bridgehead atoms. The zero-order valence-electron chi connectivity index (χ0n) is 23.0. The topological polar surface area (TPSA) is 117 Å². The fraction of sp³-hybridized carbons (Fsp3) is 0.433. The average Bonchev–Trinajstić information content (AvgIpc) is 3.17. The van der Waals surface area contributed by atoms with E-state index < -0.39 is 12.1 Å². The Morgan fingerprint density at radius 3 is 2.54 bits per heavy atom. The third-order valence-electron chi connectivity index (χ3n) is 6.91. The number of unbranched alkanes of at least 4 members (excludes halogenated alkanes) is 2. The molecule has 206 valence electrons. The highest BCUT2D eigenvalue weighted by atomic mass is 16.4. The van der Waals surface area contributed by atoms with E-state index in [1.807, 2.05) is 17.7 Å². The number of aliphatic hydroxyl groups excluding tert-OH is 1. The molecule has 0 aliphatic rings. The maximum Gasteiger partial charge on any atom is 0.303 e. The Kier molecular flexibility index (Phi) is 9.96. The van der Waals surface area contributed by atoms with E-state index in [1.165, 1.54) is 11.1 Å². The van der Waals surface area contributed by atoms with Gasteiger partial charge in [0.25, 0.3) is 5.91 Å². The van der Waals surface area contributed by atoms with E-state index in [4.69, 9.17) is 11.7 Å². The average molecular weight is 533 g/mol. The molecule has 0 aliphatic carbocycles. The first kappa shape index (κ1) is 29.5. The van der Waals surface area contributed by atoms with Crippen molar-refractivity contribution in [3.05, 3.63) is 70.3 Å². The van der Waals surface area contributed by atoms with Gasteiger partial charge in [0.05, 0.1) is 12.7 Å². The number of aliphatic hydroxyl groups is 1. The molecule has 2 N–H and O–H groups in total. The first-order valence-electron chi connectivity index (χ1n) is 13.1. The normalized spacial score (nSPS) is 12.6. The van der Waals surface area contributed by atoms with Crippen molar-refractivity contribution in [2.24, 2.45) is 13.0 Å². The number of pyridine rings is 1. The zero-order valence-corrected chi connectivity index (χ0v) is 23.0. The molecular formula is C30H36N4O5. The van der Waals surface area contributed by atoms with Crippen LogP contribution < -0.4 is 0 Å². The van der Waals surface area contributed by atoms with Crippen LogP contribution >= 0.6 is 0 Å². The van der Waals surface area contributed by atoms with E-state index in [0.717, 1.165) is 25.0 Å². The summed E-state index contributed by atoms with van der Waals surface area (Å²) in [5.41, 5.74) is 3.55. The first-order valence-corrected chi connectivity index (χ1v) is 13.1. The fourth-order valence-electron chi connectivity index (χ4n) is 4.91. The number of benzene rings is 1. The van der Waals surface area contributed by atoms with Gasteiger partial charge in [-0.3, -0.25) is 14.4 Å². The molecule has 3 aromatic rings. The number of nitrogens with zero attached hydrogens (tertiary/aromatic N) is 4. The number of hydrogen-bond acceptors (Lipinski definition) is 5. The van der Waals surface area contributed by atoms with Crippen LogP contribution in [0.4, 0.5) is 5.69 Å². The van der Waals surface area contributed by atoms with Gasteiger partial charge < -0.3 is 19.7 Å². The molecule has 0 radical (unpaired) electrons. The van der Waals surface area contributed by atoms with Crippen molar-refractivity contribution in [2.75, 3.05) is 14.1 Å². The Labute approximate surface area is 228 Å². The van der Waals surface area contributed by atoms with E-state index in [9.17, 15) is 19.5 Å². The largest absolute Gasteiger partial charge is 0.481 e. The molecule has 1 amide bonds. The molecular weight excluding hydrogens is 496 g/mol. The lowest BCUT2D eigenvalue weighted by atomic mass is 9.94. The van der Waals surface area contributed by atoms with Crippen molar-refractivity contribution in [1.82, 2.24) is 14.5 Å². The number of fused-ring (bicyclic) bond motifs is 1. The van der Waals surface area contributed by atoms with Gasteiger partial charge in [0.1, 0.15) is 5.65 Å². The molecule has 2 heterocycles. The second kappa shape index (κ2) is 13.2. The molecule has 0 fully saturated rings. The van der Waals surface area contributed by atoms with Crippen molar-refractivity contribution < 1.29 is 24.6 Å². The molecule has 2 atom stereocenters. The zero-order chi connectivity index (χ0) is 28.7. The molecule has 2 aromatic heterocycles. The van der Waals surface area contributed by atoms with Crippen molar-refractivity contribution >= 4 is 34.4 Å². The minimum atomic E-state index is -0.941. The van der Waals surface area contributed by atoms with Crippen LogP contribution in [-0.4, -0.2) is 56.4 Å². The summed E-state index contributed by atoms with van der Waals surface area (Å²) in [6.07, 6.45) is 4.32. The predicted octanol–water partition coefficient (Wildman–Crippen LogP) is 5.35. The van der Waals surface area contributed by atoms with Crippen LogP contribution in [0.3, 0.4) is 0 Å². The molecule has 0 saturated heterocycles. The van der Waals surface area contributed by atoms with Gasteiger partial charge >= 0.3 is 5.97 Å². The minimum Gasteiger partial charge on any atom is -0.481 e. The molecule has 9 nitrogen and oxygen atoms in total. The van der Waals surface area contributed by atoms with E-state index >= 15 is 0 Å². The van der Waals surface area contributed by atoms with E-state index in [1.54, 1.807) is 45.3 Å². The number of carboxylic acid groups (broad SMARTS) is 1. The summed E-state index contributed by atoms with van der Waals surface area (Å²) >= 11 is 0. The van der Waals surface area contributed by atoms with Crippen LogP contribution in [0.25, 0.3) is 15.9 Å². The fourth-order valence-corrected chi connectivity index (χ4v) is 4.91. The summed E-state index contributed by atoms with van der Waals surface area (Å²) < 4.78 is 1.89. The number of aryl methyl sites for hydroxylation is 1. The number of amides is 1. The number of carbonyl (C=O) groups excluding carboxylic acids is 2. The Balaban J connectivity index is 1.70. The first-order chi connectivity index (χ1) is 18.5. The summed E-state index contributed by atoms with van der Waals surface area (Å²) in [7, 11) is 5.23. The van der Waals surface area contributed by atoms with Crippen LogP contribution in [0.1, 0.15) is 83.5 Å². The van der Waals surface area contributed by atoms with Crippen LogP contribution in [0.15, 0.2) is 36.5 Å². The number of ketones is 1. The smallest absolute Gasteiger partial charge is 0.303 e.